The number of rotatable bonds is 3. The molecule has 0 aliphatic carbocycles. The minimum absolute atomic E-state index is 0.00898. The van der Waals surface area contributed by atoms with Gasteiger partial charge in [0.2, 0.25) is 5.95 Å². The zero-order valence-corrected chi connectivity index (χ0v) is 11.6. The van der Waals surface area contributed by atoms with E-state index in [4.69, 9.17) is 22.0 Å². The number of hydrogen-bond acceptors (Lipinski definition) is 7. The maximum Gasteiger partial charge on any atom is 0.333 e. The molecular formula is C13H15N5O4. The van der Waals surface area contributed by atoms with Crippen LogP contribution in [0.1, 0.15) is 12.6 Å². The van der Waals surface area contributed by atoms with Crippen molar-refractivity contribution in [2.75, 3.05) is 12.3 Å². The quantitative estimate of drug-likeness (QED) is 0.585. The van der Waals surface area contributed by atoms with Crippen LogP contribution in [-0.4, -0.2) is 48.1 Å². The van der Waals surface area contributed by atoms with Crippen LogP contribution < -0.4 is 11.4 Å². The Kier molecular flexibility index (Phi) is 3.58. The SMILES string of the molecule is C#CCn1c(=O)n([C@@H]2O[C@H](CO)C[C@@H]2O)c2nc(N)ncc21. The first-order valence-corrected chi connectivity index (χ1v) is 6.68. The van der Waals surface area contributed by atoms with Crippen molar-refractivity contribution in [1.82, 2.24) is 19.1 Å². The summed E-state index contributed by atoms with van der Waals surface area (Å²) >= 11 is 0. The smallest absolute Gasteiger partial charge is 0.333 e. The molecule has 0 unspecified atom stereocenters. The van der Waals surface area contributed by atoms with Crippen LogP contribution in [0.25, 0.3) is 11.2 Å². The molecule has 2 aromatic rings. The number of aliphatic hydroxyl groups excluding tert-OH is 2. The Morgan fingerprint density at radius 1 is 1.59 bits per heavy atom. The predicted molar refractivity (Wildman–Crippen MR) is 76.7 cm³/mol. The zero-order chi connectivity index (χ0) is 15.9. The lowest BCUT2D eigenvalue weighted by atomic mass is 10.2. The van der Waals surface area contributed by atoms with Crippen LogP contribution in [0.15, 0.2) is 11.0 Å². The van der Waals surface area contributed by atoms with E-state index in [1.807, 2.05) is 0 Å². The number of nitrogen functional groups attached to an aromatic ring is 1. The Hall–Kier alpha value is -2.41. The lowest BCUT2D eigenvalue weighted by Crippen LogP contribution is -2.32. The molecule has 1 fully saturated rings. The maximum atomic E-state index is 12.6. The van der Waals surface area contributed by atoms with E-state index in [-0.39, 0.29) is 31.2 Å². The number of nitrogens with zero attached hydrogens (tertiary/aromatic N) is 4. The summed E-state index contributed by atoms with van der Waals surface area (Å²) in [6.45, 7) is -0.218. The van der Waals surface area contributed by atoms with Crippen LogP contribution in [0, 0.1) is 12.3 Å². The lowest BCUT2D eigenvalue weighted by Gasteiger charge is -2.15. The highest BCUT2D eigenvalue weighted by Gasteiger charge is 2.37. The van der Waals surface area contributed by atoms with Gasteiger partial charge in [-0.25, -0.2) is 14.3 Å². The number of terminal acetylenes is 1. The van der Waals surface area contributed by atoms with Gasteiger partial charge in [-0.1, -0.05) is 5.92 Å². The van der Waals surface area contributed by atoms with Crippen LogP contribution in [0.3, 0.4) is 0 Å². The minimum atomic E-state index is -0.958. The standard InChI is InChI=1S/C13H15N5O4/c1-2-3-17-8-5-15-12(14)16-10(8)18(13(17)21)11-9(20)4-7(6-19)22-11/h1,5,7,9,11,19-20H,3-4,6H2,(H2,14,15,16)/t7-,9-,11+/m0/s1. The highest BCUT2D eigenvalue weighted by molar-refractivity contribution is 5.72. The van der Waals surface area contributed by atoms with Gasteiger partial charge >= 0.3 is 5.69 Å². The molecule has 0 saturated carbocycles. The second-order valence-corrected chi connectivity index (χ2v) is 5.01. The van der Waals surface area contributed by atoms with Gasteiger partial charge in [0.1, 0.15) is 11.6 Å². The molecule has 9 heteroatoms. The van der Waals surface area contributed by atoms with Crippen molar-refractivity contribution in [3.63, 3.8) is 0 Å². The predicted octanol–water partition coefficient (Wildman–Crippen LogP) is -1.55. The van der Waals surface area contributed by atoms with Gasteiger partial charge < -0.3 is 20.7 Å². The van der Waals surface area contributed by atoms with Crippen LogP contribution in [-0.2, 0) is 11.3 Å². The molecule has 0 amide bonds. The molecule has 0 bridgehead atoms. The van der Waals surface area contributed by atoms with Gasteiger partial charge in [0, 0.05) is 6.42 Å². The third-order valence-corrected chi connectivity index (χ3v) is 3.60. The first-order chi connectivity index (χ1) is 10.6. The lowest BCUT2D eigenvalue weighted by molar-refractivity contribution is -0.0505. The maximum absolute atomic E-state index is 12.6. The van der Waals surface area contributed by atoms with E-state index in [2.05, 4.69) is 15.9 Å². The fraction of sp³-hybridized carbons (Fsp3) is 0.462. The largest absolute Gasteiger partial charge is 0.394 e. The number of aliphatic hydroxyl groups is 2. The summed E-state index contributed by atoms with van der Waals surface area (Å²) in [6, 6.07) is 0. The third kappa shape index (κ3) is 2.14. The summed E-state index contributed by atoms with van der Waals surface area (Å²) in [5.74, 6) is 2.38. The molecule has 3 heterocycles. The average molecular weight is 305 g/mol. The first kappa shape index (κ1) is 14.5. The summed E-state index contributed by atoms with van der Waals surface area (Å²) in [5.41, 5.74) is 5.74. The van der Waals surface area contributed by atoms with Crippen molar-refractivity contribution in [3.05, 3.63) is 16.7 Å². The van der Waals surface area contributed by atoms with Crippen molar-refractivity contribution in [2.24, 2.45) is 0 Å². The fourth-order valence-corrected chi connectivity index (χ4v) is 2.62. The Balaban J connectivity index is 2.21. The number of aromatic nitrogens is 4. The average Bonchev–Trinajstić information content (AvgIpc) is 2.98. The van der Waals surface area contributed by atoms with Crippen LogP contribution >= 0.6 is 0 Å². The van der Waals surface area contributed by atoms with Crippen molar-refractivity contribution in [3.8, 4) is 12.3 Å². The minimum Gasteiger partial charge on any atom is -0.394 e. The Labute approximate surface area is 125 Å². The zero-order valence-electron chi connectivity index (χ0n) is 11.6. The molecule has 0 spiro atoms. The second kappa shape index (κ2) is 5.42. The van der Waals surface area contributed by atoms with Gasteiger partial charge in [-0.2, -0.15) is 4.98 Å². The van der Waals surface area contributed by atoms with E-state index in [1.54, 1.807) is 0 Å². The highest BCUT2D eigenvalue weighted by Crippen LogP contribution is 2.29. The summed E-state index contributed by atoms with van der Waals surface area (Å²) in [4.78, 5) is 20.5. The van der Waals surface area contributed by atoms with Crippen molar-refractivity contribution in [1.29, 1.82) is 0 Å². The van der Waals surface area contributed by atoms with E-state index in [1.165, 1.54) is 15.3 Å². The van der Waals surface area contributed by atoms with Gasteiger partial charge in [-0.05, 0) is 0 Å². The van der Waals surface area contributed by atoms with Gasteiger partial charge in [0.25, 0.3) is 0 Å². The molecule has 1 saturated heterocycles. The molecule has 22 heavy (non-hydrogen) atoms. The van der Waals surface area contributed by atoms with E-state index >= 15 is 0 Å². The number of fused-ring (bicyclic) bond motifs is 1. The molecule has 9 nitrogen and oxygen atoms in total. The molecule has 1 aliphatic rings. The molecule has 3 rings (SSSR count). The molecule has 3 atom stereocenters. The molecule has 1 aliphatic heterocycles. The Morgan fingerprint density at radius 2 is 2.36 bits per heavy atom. The second-order valence-electron chi connectivity index (χ2n) is 5.01. The summed E-state index contributed by atoms with van der Waals surface area (Å²) < 4.78 is 8.03. The van der Waals surface area contributed by atoms with Gasteiger partial charge in [0.15, 0.2) is 11.9 Å². The summed E-state index contributed by atoms with van der Waals surface area (Å²) in [5, 5.41) is 19.3. The van der Waals surface area contributed by atoms with Crippen molar-refractivity contribution < 1.29 is 14.9 Å². The number of imidazole rings is 1. The van der Waals surface area contributed by atoms with Crippen molar-refractivity contribution in [2.45, 2.75) is 31.4 Å². The van der Waals surface area contributed by atoms with Crippen LogP contribution in [0.4, 0.5) is 5.95 Å². The van der Waals surface area contributed by atoms with Gasteiger partial charge in [-0.15, -0.1) is 6.42 Å². The fourth-order valence-electron chi connectivity index (χ4n) is 2.62. The number of hydrogen-bond donors (Lipinski definition) is 3. The van der Waals surface area contributed by atoms with E-state index in [0.29, 0.717) is 5.52 Å². The number of nitrogens with two attached hydrogens (primary N) is 1. The van der Waals surface area contributed by atoms with E-state index in [9.17, 15) is 9.90 Å². The molecule has 116 valence electrons. The van der Waals surface area contributed by atoms with Gasteiger partial charge in [-0.3, -0.25) is 4.57 Å². The molecule has 0 radical (unpaired) electrons. The Bertz CT molecular complexity index is 805. The van der Waals surface area contributed by atoms with Crippen LogP contribution in [0.5, 0.6) is 0 Å². The third-order valence-electron chi connectivity index (χ3n) is 3.60. The molecule has 4 N–H and O–H groups in total. The topological polar surface area (TPSA) is 128 Å². The number of anilines is 1. The molecule has 2 aromatic heterocycles. The monoisotopic (exact) mass is 305 g/mol. The molecular weight excluding hydrogens is 290 g/mol. The summed E-state index contributed by atoms with van der Waals surface area (Å²) in [7, 11) is 0. The highest BCUT2D eigenvalue weighted by atomic mass is 16.5. The summed E-state index contributed by atoms with van der Waals surface area (Å²) in [6.07, 6.45) is 4.45. The van der Waals surface area contributed by atoms with Crippen molar-refractivity contribution >= 4 is 17.1 Å². The van der Waals surface area contributed by atoms with Gasteiger partial charge in [0.05, 0.1) is 25.5 Å². The van der Waals surface area contributed by atoms with Crippen LogP contribution in [0.2, 0.25) is 0 Å². The molecule has 0 aromatic carbocycles. The van der Waals surface area contributed by atoms with E-state index < -0.39 is 24.1 Å². The Morgan fingerprint density at radius 3 is 3.00 bits per heavy atom. The van der Waals surface area contributed by atoms with E-state index in [0.717, 1.165) is 0 Å². The normalized spacial score (nSPS) is 24.7. The number of ether oxygens (including phenoxy) is 1. The first-order valence-electron chi connectivity index (χ1n) is 6.68.